The third-order valence-corrected chi connectivity index (χ3v) is 1.90. The number of hydrogen-bond acceptors (Lipinski definition) is 2. The van der Waals surface area contributed by atoms with Gasteiger partial charge in [0, 0.05) is 6.42 Å². The molecule has 0 radical (unpaired) electrons. The Morgan fingerprint density at radius 1 is 1.78 bits per heavy atom. The van der Waals surface area contributed by atoms with E-state index in [9.17, 15) is 5.11 Å². The SMILES string of the molecule is CC1=C[C@@H](O)C[C@@]1(C)O. The quantitative estimate of drug-likeness (QED) is 0.465. The molecule has 0 saturated heterocycles. The maximum atomic E-state index is 9.41. The molecule has 52 valence electrons. The summed E-state index contributed by atoms with van der Waals surface area (Å²) in [7, 11) is 0. The van der Waals surface area contributed by atoms with Crippen molar-refractivity contribution in [2.24, 2.45) is 0 Å². The van der Waals surface area contributed by atoms with Gasteiger partial charge in [0.25, 0.3) is 0 Å². The maximum absolute atomic E-state index is 9.41. The summed E-state index contributed by atoms with van der Waals surface area (Å²) >= 11 is 0. The summed E-state index contributed by atoms with van der Waals surface area (Å²) in [6.45, 7) is 3.55. The van der Waals surface area contributed by atoms with E-state index in [0.29, 0.717) is 6.42 Å². The van der Waals surface area contributed by atoms with Crippen molar-refractivity contribution in [3.63, 3.8) is 0 Å². The van der Waals surface area contributed by atoms with Crippen molar-refractivity contribution in [1.82, 2.24) is 0 Å². The summed E-state index contributed by atoms with van der Waals surface area (Å²) in [5, 5.41) is 18.4. The lowest BCUT2D eigenvalue weighted by molar-refractivity contribution is 0.0665. The van der Waals surface area contributed by atoms with Crippen molar-refractivity contribution < 1.29 is 10.2 Å². The molecule has 0 aromatic carbocycles. The molecule has 0 saturated carbocycles. The van der Waals surface area contributed by atoms with E-state index in [2.05, 4.69) is 0 Å². The molecule has 0 aromatic heterocycles. The van der Waals surface area contributed by atoms with Crippen LogP contribution in [0.25, 0.3) is 0 Å². The molecule has 0 spiro atoms. The standard InChI is InChI=1S/C7H12O2/c1-5-3-6(8)4-7(5,2)9/h3,6,8-9H,4H2,1-2H3/t6-,7-/m1/s1. The van der Waals surface area contributed by atoms with Crippen molar-refractivity contribution in [2.75, 3.05) is 0 Å². The zero-order chi connectivity index (χ0) is 7.07. The highest BCUT2D eigenvalue weighted by Crippen LogP contribution is 2.28. The molecule has 0 aromatic rings. The van der Waals surface area contributed by atoms with Gasteiger partial charge >= 0.3 is 0 Å². The average molecular weight is 128 g/mol. The van der Waals surface area contributed by atoms with Crippen LogP contribution in [0.4, 0.5) is 0 Å². The van der Waals surface area contributed by atoms with Gasteiger partial charge in [-0.15, -0.1) is 0 Å². The second-order valence-corrected chi connectivity index (χ2v) is 2.90. The van der Waals surface area contributed by atoms with Gasteiger partial charge in [0.1, 0.15) is 0 Å². The number of rotatable bonds is 0. The van der Waals surface area contributed by atoms with Gasteiger partial charge in [-0.3, -0.25) is 0 Å². The van der Waals surface area contributed by atoms with E-state index in [1.165, 1.54) is 0 Å². The van der Waals surface area contributed by atoms with Gasteiger partial charge < -0.3 is 10.2 Å². The van der Waals surface area contributed by atoms with Gasteiger partial charge in [0.2, 0.25) is 0 Å². The Balaban J connectivity index is 2.76. The third-order valence-electron chi connectivity index (χ3n) is 1.90. The summed E-state index contributed by atoms with van der Waals surface area (Å²) in [5.74, 6) is 0. The topological polar surface area (TPSA) is 40.5 Å². The summed E-state index contributed by atoms with van der Waals surface area (Å²) in [4.78, 5) is 0. The number of aliphatic hydroxyl groups is 2. The molecular formula is C7H12O2. The molecule has 9 heavy (non-hydrogen) atoms. The Kier molecular flexibility index (Phi) is 1.37. The van der Waals surface area contributed by atoms with Gasteiger partial charge in [-0.2, -0.15) is 0 Å². The minimum Gasteiger partial charge on any atom is -0.389 e. The van der Waals surface area contributed by atoms with E-state index in [1.807, 2.05) is 6.92 Å². The Labute approximate surface area is 54.8 Å². The molecule has 2 nitrogen and oxygen atoms in total. The maximum Gasteiger partial charge on any atom is 0.0854 e. The fourth-order valence-corrected chi connectivity index (χ4v) is 1.10. The van der Waals surface area contributed by atoms with Crippen LogP contribution in [-0.4, -0.2) is 21.9 Å². The van der Waals surface area contributed by atoms with Crippen LogP contribution in [0.5, 0.6) is 0 Å². The molecule has 0 heterocycles. The average Bonchev–Trinajstić information content (AvgIpc) is 1.79. The van der Waals surface area contributed by atoms with Crippen LogP contribution >= 0.6 is 0 Å². The largest absolute Gasteiger partial charge is 0.389 e. The molecule has 2 atom stereocenters. The first kappa shape index (κ1) is 6.78. The van der Waals surface area contributed by atoms with Crippen LogP contribution in [-0.2, 0) is 0 Å². The molecular weight excluding hydrogens is 116 g/mol. The highest BCUT2D eigenvalue weighted by Gasteiger charge is 2.31. The van der Waals surface area contributed by atoms with Crippen LogP contribution in [0.2, 0.25) is 0 Å². The predicted molar refractivity (Wildman–Crippen MR) is 35.0 cm³/mol. The molecule has 0 unspecified atom stereocenters. The minimum atomic E-state index is -0.764. The van der Waals surface area contributed by atoms with E-state index >= 15 is 0 Å². The first-order valence-electron chi connectivity index (χ1n) is 3.12. The summed E-state index contributed by atoms with van der Waals surface area (Å²) < 4.78 is 0. The Bertz CT molecular complexity index is 147. The van der Waals surface area contributed by atoms with E-state index in [1.54, 1.807) is 13.0 Å². The van der Waals surface area contributed by atoms with Crippen molar-refractivity contribution in [3.8, 4) is 0 Å². The second-order valence-electron chi connectivity index (χ2n) is 2.90. The normalized spacial score (nSPS) is 43.1. The van der Waals surface area contributed by atoms with Gasteiger partial charge in [0.15, 0.2) is 0 Å². The molecule has 1 rings (SSSR count). The van der Waals surface area contributed by atoms with Crippen molar-refractivity contribution in [2.45, 2.75) is 32.0 Å². The van der Waals surface area contributed by atoms with Gasteiger partial charge in [-0.25, -0.2) is 0 Å². The van der Waals surface area contributed by atoms with Crippen LogP contribution in [0.1, 0.15) is 20.3 Å². The van der Waals surface area contributed by atoms with Crippen LogP contribution < -0.4 is 0 Å². The van der Waals surface area contributed by atoms with Gasteiger partial charge in [0.05, 0.1) is 11.7 Å². The van der Waals surface area contributed by atoms with E-state index in [4.69, 9.17) is 5.11 Å². The Morgan fingerprint density at radius 3 is 2.44 bits per heavy atom. The van der Waals surface area contributed by atoms with Gasteiger partial charge in [-0.05, 0) is 19.4 Å². The molecule has 0 aliphatic heterocycles. The number of aliphatic hydroxyl groups excluding tert-OH is 1. The second kappa shape index (κ2) is 1.82. The van der Waals surface area contributed by atoms with Crippen LogP contribution in [0.3, 0.4) is 0 Å². The zero-order valence-corrected chi connectivity index (χ0v) is 5.76. The summed E-state index contributed by atoms with van der Waals surface area (Å²) in [6, 6.07) is 0. The highest BCUT2D eigenvalue weighted by atomic mass is 16.3. The molecule has 0 amide bonds. The predicted octanol–water partition coefficient (Wildman–Crippen LogP) is 0.448. The molecule has 0 fully saturated rings. The number of hydrogen-bond donors (Lipinski definition) is 2. The lowest BCUT2D eigenvalue weighted by Crippen LogP contribution is -2.23. The first-order chi connectivity index (χ1) is 4.02. The fourth-order valence-electron chi connectivity index (χ4n) is 1.10. The Hall–Kier alpha value is -0.340. The lowest BCUT2D eigenvalue weighted by Gasteiger charge is -2.17. The molecule has 1 aliphatic carbocycles. The highest BCUT2D eigenvalue weighted by molar-refractivity contribution is 5.21. The smallest absolute Gasteiger partial charge is 0.0854 e. The van der Waals surface area contributed by atoms with Crippen molar-refractivity contribution in [3.05, 3.63) is 11.6 Å². The van der Waals surface area contributed by atoms with E-state index in [0.717, 1.165) is 5.57 Å². The molecule has 1 aliphatic rings. The lowest BCUT2D eigenvalue weighted by atomic mass is 10.00. The van der Waals surface area contributed by atoms with Crippen molar-refractivity contribution in [1.29, 1.82) is 0 Å². The van der Waals surface area contributed by atoms with Crippen LogP contribution in [0, 0.1) is 0 Å². The van der Waals surface area contributed by atoms with Crippen molar-refractivity contribution >= 4 is 0 Å². The van der Waals surface area contributed by atoms with Gasteiger partial charge in [-0.1, -0.05) is 6.08 Å². The summed E-state index contributed by atoms with van der Waals surface area (Å²) in [5.41, 5.74) is 0.106. The zero-order valence-electron chi connectivity index (χ0n) is 5.76. The van der Waals surface area contributed by atoms with Crippen LogP contribution in [0.15, 0.2) is 11.6 Å². The first-order valence-corrected chi connectivity index (χ1v) is 3.12. The Morgan fingerprint density at radius 2 is 2.33 bits per heavy atom. The minimum absolute atomic E-state index is 0.443. The molecule has 2 heteroatoms. The van der Waals surface area contributed by atoms with E-state index < -0.39 is 11.7 Å². The monoisotopic (exact) mass is 128 g/mol. The molecule has 2 N–H and O–H groups in total. The fraction of sp³-hybridized carbons (Fsp3) is 0.714. The molecule has 0 bridgehead atoms. The summed E-state index contributed by atoms with van der Waals surface area (Å²) in [6.07, 6.45) is 1.69. The van der Waals surface area contributed by atoms with E-state index in [-0.39, 0.29) is 0 Å². The third kappa shape index (κ3) is 1.14.